The molecule has 4 rings (SSSR count). The molecule has 33 heavy (non-hydrogen) atoms. The minimum atomic E-state index is -1.00. The van der Waals surface area contributed by atoms with Crippen LogP contribution < -0.4 is 11.1 Å². The van der Waals surface area contributed by atoms with Crippen molar-refractivity contribution in [3.05, 3.63) is 77.2 Å². The fraction of sp³-hybridized carbons (Fsp3) is 0.320. The number of carbonyl (C=O) groups excluding carboxylic acids is 1. The van der Waals surface area contributed by atoms with Crippen LogP contribution >= 0.6 is 0 Å². The van der Waals surface area contributed by atoms with Crippen LogP contribution in [-0.4, -0.2) is 15.9 Å². The lowest BCUT2D eigenvalue weighted by atomic mass is 9.82. The average molecular weight is 454 g/mol. The lowest BCUT2D eigenvalue weighted by Gasteiger charge is -2.24. The Morgan fingerprint density at radius 1 is 1.27 bits per heavy atom. The van der Waals surface area contributed by atoms with Crippen molar-refractivity contribution >= 4 is 22.9 Å². The van der Waals surface area contributed by atoms with Crippen molar-refractivity contribution < 1.29 is 18.0 Å². The highest BCUT2D eigenvalue weighted by molar-refractivity contribution is 6.06. The molecule has 0 radical (unpaired) electrons. The van der Waals surface area contributed by atoms with E-state index in [-0.39, 0.29) is 24.2 Å². The molecule has 1 amide bonds. The molecule has 2 aliphatic rings. The van der Waals surface area contributed by atoms with Crippen LogP contribution in [0.4, 0.5) is 24.5 Å². The molecule has 1 atom stereocenters. The molecule has 2 aromatic heterocycles. The third-order valence-electron chi connectivity index (χ3n) is 6.04. The van der Waals surface area contributed by atoms with Crippen LogP contribution in [0.1, 0.15) is 60.3 Å². The number of aromatic nitrogens is 2. The minimum absolute atomic E-state index is 0.0670. The number of carbonyl (C=O) groups is 1. The predicted molar refractivity (Wildman–Crippen MR) is 122 cm³/mol. The maximum Gasteiger partial charge on any atom is 0.276 e. The second-order valence-corrected chi connectivity index (χ2v) is 8.53. The Morgan fingerprint density at radius 3 is 2.85 bits per heavy atom. The van der Waals surface area contributed by atoms with E-state index in [0.29, 0.717) is 11.6 Å². The van der Waals surface area contributed by atoms with Gasteiger partial charge in [0, 0.05) is 18.7 Å². The third-order valence-corrected chi connectivity index (χ3v) is 6.04. The van der Waals surface area contributed by atoms with Gasteiger partial charge in [-0.1, -0.05) is 12.2 Å². The number of nitrogens with zero attached hydrogens (tertiary/aromatic N) is 2. The number of hydrogen-bond acceptors (Lipinski definition) is 4. The SMILES string of the molecule is C=C1CCCC(Cc2ccncc2NC(=O)c2nc(C3=C(F)CCC=C3F)c(F)cc2N)C1. The van der Waals surface area contributed by atoms with E-state index < -0.39 is 34.6 Å². The number of nitrogens with one attached hydrogen (secondary N) is 1. The largest absolute Gasteiger partial charge is 0.397 e. The topological polar surface area (TPSA) is 80.9 Å². The summed E-state index contributed by atoms with van der Waals surface area (Å²) in [5, 5.41) is 2.73. The van der Waals surface area contributed by atoms with Gasteiger partial charge in [0.25, 0.3) is 5.91 Å². The Balaban J connectivity index is 1.61. The number of rotatable bonds is 5. The van der Waals surface area contributed by atoms with E-state index in [0.717, 1.165) is 49.8 Å². The second-order valence-electron chi connectivity index (χ2n) is 8.53. The van der Waals surface area contributed by atoms with Crippen molar-refractivity contribution in [2.45, 2.75) is 44.9 Å². The van der Waals surface area contributed by atoms with Gasteiger partial charge in [-0.2, -0.15) is 0 Å². The summed E-state index contributed by atoms with van der Waals surface area (Å²) in [6.45, 7) is 4.09. The Morgan fingerprint density at radius 2 is 2.09 bits per heavy atom. The second kappa shape index (κ2) is 9.60. The molecular formula is C25H25F3N4O. The average Bonchev–Trinajstić information content (AvgIpc) is 2.76. The zero-order valence-corrected chi connectivity index (χ0v) is 18.1. The van der Waals surface area contributed by atoms with Gasteiger partial charge in [0.05, 0.1) is 23.1 Å². The Kier molecular flexibility index (Phi) is 6.62. The van der Waals surface area contributed by atoms with E-state index in [1.807, 2.05) is 6.07 Å². The molecule has 172 valence electrons. The van der Waals surface area contributed by atoms with Crippen molar-refractivity contribution in [1.82, 2.24) is 9.97 Å². The number of nitrogens with two attached hydrogens (primary N) is 1. The summed E-state index contributed by atoms with van der Waals surface area (Å²) in [6, 6.07) is 2.69. The highest BCUT2D eigenvalue weighted by Gasteiger charge is 2.26. The van der Waals surface area contributed by atoms with E-state index in [1.54, 1.807) is 6.20 Å². The summed E-state index contributed by atoms with van der Waals surface area (Å²) < 4.78 is 43.1. The molecule has 5 nitrogen and oxygen atoms in total. The van der Waals surface area contributed by atoms with Crippen molar-refractivity contribution in [2.24, 2.45) is 5.92 Å². The molecule has 0 aromatic carbocycles. The fourth-order valence-corrected chi connectivity index (χ4v) is 4.42. The highest BCUT2D eigenvalue weighted by Crippen LogP contribution is 2.36. The van der Waals surface area contributed by atoms with Crippen LogP contribution in [0.3, 0.4) is 0 Å². The van der Waals surface area contributed by atoms with Crippen molar-refractivity contribution in [3.8, 4) is 0 Å². The summed E-state index contributed by atoms with van der Waals surface area (Å²) in [7, 11) is 0. The Hall–Kier alpha value is -3.42. The van der Waals surface area contributed by atoms with Crippen LogP contribution in [0.5, 0.6) is 0 Å². The van der Waals surface area contributed by atoms with E-state index >= 15 is 0 Å². The zero-order chi connectivity index (χ0) is 23.5. The van der Waals surface area contributed by atoms with Crippen LogP contribution in [0.25, 0.3) is 5.57 Å². The van der Waals surface area contributed by atoms with Crippen molar-refractivity contribution in [3.63, 3.8) is 0 Å². The summed E-state index contributed by atoms with van der Waals surface area (Å²) in [5.74, 6) is -3.02. The van der Waals surface area contributed by atoms with Gasteiger partial charge in [0.1, 0.15) is 17.3 Å². The predicted octanol–water partition coefficient (Wildman–Crippen LogP) is 6.07. The number of amides is 1. The van der Waals surface area contributed by atoms with Crippen LogP contribution in [-0.2, 0) is 6.42 Å². The molecule has 8 heteroatoms. The minimum Gasteiger partial charge on any atom is -0.397 e. The first-order chi connectivity index (χ1) is 15.8. The molecule has 3 N–H and O–H groups in total. The summed E-state index contributed by atoms with van der Waals surface area (Å²) in [5.41, 5.74) is 6.75. The van der Waals surface area contributed by atoms with Crippen LogP contribution in [0.15, 0.2) is 54.4 Å². The first-order valence-electron chi connectivity index (χ1n) is 11.0. The van der Waals surface area contributed by atoms with Crippen LogP contribution in [0, 0.1) is 11.7 Å². The van der Waals surface area contributed by atoms with Gasteiger partial charge in [0.2, 0.25) is 0 Å². The van der Waals surface area contributed by atoms with E-state index in [1.165, 1.54) is 11.8 Å². The van der Waals surface area contributed by atoms with Gasteiger partial charge < -0.3 is 11.1 Å². The smallest absolute Gasteiger partial charge is 0.276 e. The number of anilines is 2. The zero-order valence-electron chi connectivity index (χ0n) is 18.1. The quantitative estimate of drug-likeness (QED) is 0.538. The van der Waals surface area contributed by atoms with Crippen LogP contribution in [0.2, 0.25) is 0 Å². The molecule has 1 unspecified atom stereocenters. The number of nitrogen functional groups attached to an aromatic ring is 1. The number of halogens is 3. The number of pyridine rings is 2. The van der Waals surface area contributed by atoms with Gasteiger partial charge in [-0.3, -0.25) is 9.78 Å². The Bertz CT molecular complexity index is 1170. The van der Waals surface area contributed by atoms with Gasteiger partial charge in [-0.15, -0.1) is 0 Å². The fourth-order valence-electron chi connectivity index (χ4n) is 4.42. The van der Waals surface area contributed by atoms with Gasteiger partial charge in [0.15, 0.2) is 11.5 Å². The first kappa shape index (κ1) is 22.8. The first-order valence-corrected chi connectivity index (χ1v) is 11.0. The number of allylic oxidation sites excluding steroid dienone is 5. The molecule has 1 fully saturated rings. The summed E-state index contributed by atoms with van der Waals surface area (Å²) in [6.07, 6.45) is 9.32. The molecule has 0 spiro atoms. The molecule has 0 saturated heterocycles. The molecule has 2 aliphatic carbocycles. The van der Waals surface area contributed by atoms with Crippen molar-refractivity contribution in [1.29, 1.82) is 0 Å². The molecular weight excluding hydrogens is 429 g/mol. The third kappa shape index (κ3) is 4.99. The van der Waals surface area contributed by atoms with E-state index in [4.69, 9.17) is 5.73 Å². The molecule has 0 bridgehead atoms. The highest BCUT2D eigenvalue weighted by atomic mass is 19.1. The molecule has 1 saturated carbocycles. The van der Waals surface area contributed by atoms with Gasteiger partial charge in [-0.05, 0) is 62.1 Å². The molecule has 2 aromatic rings. The van der Waals surface area contributed by atoms with Gasteiger partial charge >= 0.3 is 0 Å². The Labute approximate surface area is 190 Å². The van der Waals surface area contributed by atoms with E-state index in [2.05, 4.69) is 21.9 Å². The summed E-state index contributed by atoms with van der Waals surface area (Å²) >= 11 is 0. The normalized spacial score (nSPS) is 18.8. The summed E-state index contributed by atoms with van der Waals surface area (Å²) in [4.78, 5) is 21.0. The van der Waals surface area contributed by atoms with Gasteiger partial charge in [-0.25, -0.2) is 18.2 Å². The lowest BCUT2D eigenvalue weighted by Crippen LogP contribution is -2.20. The van der Waals surface area contributed by atoms with E-state index in [9.17, 15) is 18.0 Å². The lowest BCUT2D eigenvalue weighted by molar-refractivity contribution is 0.102. The molecule has 0 aliphatic heterocycles. The maximum absolute atomic E-state index is 14.5. The monoisotopic (exact) mass is 454 g/mol. The maximum atomic E-state index is 14.5. The van der Waals surface area contributed by atoms with Crippen molar-refractivity contribution in [2.75, 3.05) is 11.1 Å². The standard InChI is InChI=1S/C25H25F3N4O/c1-14-4-2-5-15(10-14)11-16-8-9-30-13-21(16)31-25(33)24-20(29)12-19(28)23(32-24)22-17(26)6-3-7-18(22)27/h6,8-9,12-13,15H,1-5,7,10-11,29H2,(H,31,33). The number of hydrogen-bond donors (Lipinski definition) is 2. The molecule has 2 heterocycles.